The number of aromatic nitrogens is 4. The Morgan fingerprint density at radius 2 is 1.55 bits per heavy atom. The van der Waals surface area contributed by atoms with Crippen molar-refractivity contribution in [3.05, 3.63) is 143 Å². The number of fused-ring (bicyclic) bond motifs is 1. The van der Waals surface area contributed by atoms with Gasteiger partial charge >= 0.3 is 0 Å². The molecular formula is C69H79FN10O8S. The van der Waals surface area contributed by atoms with Crippen LogP contribution in [0.15, 0.2) is 115 Å². The number of likely N-dealkylation sites (tertiary alicyclic amines) is 1. The largest absolute Gasteiger partial charge is 0.483 e. The van der Waals surface area contributed by atoms with E-state index in [1.807, 2.05) is 72.4 Å². The molecule has 18 nitrogen and oxygen atoms in total. The number of carbonyl (C=O) groups is 5. The number of ether oxygens (including phenoxy) is 1. The molecule has 2 aliphatic carbocycles. The molecule has 4 heterocycles. The van der Waals surface area contributed by atoms with Gasteiger partial charge < -0.3 is 50.3 Å². The highest BCUT2D eigenvalue weighted by atomic mass is 32.1. The molecule has 10 rings (SSSR count). The number of benzene rings is 4. The third-order valence-electron chi connectivity index (χ3n) is 16.9. The number of β-amino-alcohol motifs (C(OH)–C–C–N with tert-alkyl or cyclic N) is 1. The number of alkyl halides is 1. The Bertz CT molecular complexity index is 3820. The summed E-state index contributed by atoms with van der Waals surface area (Å²) < 4.78 is 25.0. The first-order valence-electron chi connectivity index (χ1n) is 30.9. The number of aryl methyl sites for hydroxylation is 1. The number of amides is 5. The zero-order valence-corrected chi connectivity index (χ0v) is 51.8. The van der Waals surface area contributed by atoms with Gasteiger partial charge in [-0.05, 0) is 111 Å². The summed E-state index contributed by atoms with van der Waals surface area (Å²) in [6, 6.07) is 32.1. The number of carbonyl (C=O) groups excluding carboxylic acids is 5. The average Bonchev–Trinajstić information content (AvgIpc) is 1.59. The summed E-state index contributed by atoms with van der Waals surface area (Å²) in [7, 11) is 0. The monoisotopic (exact) mass is 1230 g/mol. The Morgan fingerprint density at radius 3 is 2.26 bits per heavy atom. The lowest BCUT2D eigenvalue weighted by atomic mass is 9.85. The number of thiazole rings is 1. The van der Waals surface area contributed by atoms with Crippen LogP contribution in [0.2, 0.25) is 0 Å². The van der Waals surface area contributed by atoms with Crippen molar-refractivity contribution < 1.29 is 43.3 Å². The topological polar surface area (TPSA) is 246 Å². The van der Waals surface area contributed by atoms with Gasteiger partial charge in [0, 0.05) is 74.7 Å². The number of hydrogen-bond acceptors (Lipinski definition) is 12. The summed E-state index contributed by atoms with van der Waals surface area (Å²) in [6.45, 7) is 7.82. The zero-order chi connectivity index (χ0) is 62.8. The number of halogens is 1. The number of aliphatic hydroxyl groups is 2. The van der Waals surface area contributed by atoms with Crippen LogP contribution in [0.3, 0.4) is 0 Å². The fourth-order valence-electron chi connectivity index (χ4n) is 11.8. The molecule has 7 aromatic rings. The summed E-state index contributed by atoms with van der Waals surface area (Å²) in [5, 5.41) is 42.7. The van der Waals surface area contributed by atoms with Gasteiger partial charge in [-0.1, -0.05) is 118 Å². The molecule has 2 saturated carbocycles. The number of aliphatic hydroxyl groups excluding tert-OH is 2. The predicted molar refractivity (Wildman–Crippen MR) is 340 cm³/mol. The lowest BCUT2D eigenvalue weighted by Crippen LogP contribution is -2.59. The Balaban J connectivity index is 0.687. The van der Waals surface area contributed by atoms with Crippen LogP contribution in [-0.2, 0) is 37.1 Å². The molecule has 3 atom stereocenters. The minimum absolute atomic E-state index is 0.0348. The standard InChI is InChI=1S/C69H79FN10O8S/c1-44-61(89-43-76-44)49-25-26-50(38-74-65(85)54-37-53(82)40-78(54)66(86)62(68(2,3)4)77-67(87)69(70)31-32-69)55(36-49)88-41-57(84)73-34-16-24-56(83)72-33-14-6-5-9-17-45-18-15-19-46(35-45)39-79-60(48-22-12-8-13-23-48)58(47-20-10-7-11-21-47)59-63(71)80(42-75-64(59)79)51-27-29-52(81)30-28-51/h7-8,10-13,15,18-23,25-26,35-36,42-43,51-54,62,71,81-82H,5-6,14,16,24,27-34,37-41H2,1-4H3,(H,72,83)(H,73,84)(H,74,85)(H,77,87)/t51?,52?,53-,54+,62-/m1/s1. The Morgan fingerprint density at radius 1 is 0.831 bits per heavy atom. The molecule has 0 unspecified atom stereocenters. The molecule has 3 fully saturated rings. The van der Waals surface area contributed by atoms with E-state index in [1.54, 1.807) is 38.4 Å². The van der Waals surface area contributed by atoms with Crippen molar-refractivity contribution in [2.24, 2.45) is 5.41 Å². The lowest BCUT2D eigenvalue weighted by molar-refractivity contribution is -0.145. The maximum Gasteiger partial charge on any atom is 0.258 e. The highest BCUT2D eigenvalue weighted by Gasteiger charge is 2.53. The molecule has 89 heavy (non-hydrogen) atoms. The fraction of sp³-hybridized carbons (Fsp3) is 0.420. The van der Waals surface area contributed by atoms with Crippen LogP contribution in [0.25, 0.3) is 43.9 Å². The number of nitrogens with one attached hydrogen (secondary N) is 5. The second kappa shape index (κ2) is 28.3. The average molecular weight is 1230 g/mol. The molecule has 1 saturated heterocycles. The quantitative estimate of drug-likeness (QED) is 0.0237. The van der Waals surface area contributed by atoms with Crippen molar-refractivity contribution >= 4 is 51.9 Å². The molecule has 7 N–H and O–H groups in total. The number of rotatable bonds is 23. The van der Waals surface area contributed by atoms with Crippen LogP contribution < -0.4 is 31.5 Å². The van der Waals surface area contributed by atoms with E-state index in [2.05, 4.69) is 79.1 Å². The van der Waals surface area contributed by atoms with Crippen LogP contribution in [-0.4, -0.2) is 120 Å². The van der Waals surface area contributed by atoms with E-state index in [-0.39, 0.29) is 70.0 Å². The van der Waals surface area contributed by atoms with Crippen LogP contribution in [0, 0.1) is 29.6 Å². The zero-order valence-electron chi connectivity index (χ0n) is 51.0. The Hall–Kier alpha value is -8.51. The third-order valence-corrected chi connectivity index (χ3v) is 17.9. The van der Waals surface area contributed by atoms with E-state index in [0.717, 1.165) is 86.4 Å². The van der Waals surface area contributed by atoms with Gasteiger partial charge in [0.05, 0.1) is 45.7 Å². The molecule has 1 aliphatic heterocycles. The first-order valence-corrected chi connectivity index (χ1v) is 31.7. The molecular weight excluding hydrogens is 1150 g/mol. The van der Waals surface area contributed by atoms with E-state index >= 15 is 0 Å². The van der Waals surface area contributed by atoms with Crippen molar-refractivity contribution in [1.29, 1.82) is 5.41 Å². The second-order valence-corrected chi connectivity index (χ2v) is 25.6. The minimum atomic E-state index is -2.01. The SMILES string of the molecule is Cc1ncsc1-c1ccc(CNC(=O)[C@@H]2C[C@@H](O)CN2C(=O)[C@@H](NC(=O)C2(F)CC2)C(C)(C)C)c(OCC(=O)NCCCC(=O)NCCCCC#Cc2cccc(Cn3c(-c4ccccc4)c(-c4ccccc4)c4c(=N)n(C5CCC(O)CC5)cnc43)c2)c1. The molecule has 0 radical (unpaired) electrons. The molecule has 3 aromatic heterocycles. The third kappa shape index (κ3) is 15.5. The van der Waals surface area contributed by atoms with Crippen molar-refractivity contribution in [1.82, 2.24) is 45.3 Å². The maximum atomic E-state index is 14.7. The summed E-state index contributed by atoms with van der Waals surface area (Å²) in [6.07, 6.45) is 6.43. The van der Waals surface area contributed by atoms with Crippen LogP contribution in [0.5, 0.6) is 5.75 Å². The molecule has 466 valence electrons. The molecule has 0 spiro atoms. The number of hydrogen-bond donors (Lipinski definition) is 7. The van der Waals surface area contributed by atoms with E-state index < -0.39 is 52.9 Å². The maximum absolute atomic E-state index is 14.7. The predicted octanol–water partition coefficient (Wildman–Crippen LogP) is 8.83. The molecule has 0 bridgehead atoms. The molecule has 20 heteroatoms. The van der Waals surface area contributed by atoms with Gasteiger partial charge in [-0.15, -0.1) is 11.3 Å². The summed E-state index contributed by atoms with van der Waals surface area (Å²) >= 11 is 1.45. The number of unbranched alkanes of at least 4 members (excludes halogenated alkanes) is 2. The van der Waals surface area contributed by atoms with Gasteiger partial charge in [-0.2, -0.15) is 0 Å². The van der Waals surface area contributed by atoms with Gasteiger partial charge in [0.2, 0.25) is 17.7 Å². The van der Waals surface area contributed by atoms with Gasteiger partial charge in [0.15, 0.2) is 12.3 Å². The minimum Gasteiger partial charge on any atom is -0.483 e. The van der Waals surface area contributed by atoms with Crippen molar-refractivity contribution in [2.75, 3.05) is 26.2 Å². The Kier molecular flexibility index (Phi) is 20.2. The number of nitrogens with zero attached hydrogens (tertiary/aromatic N) is 5. The highest BCUT2D eigenvalue weighted by Crippen LogP contribution is 2.42. The van der Waals surface area contributed by atoms with Crippen molar-refractivity contribution in [3.63, 3.8) is 0 Å². The molecule has 4 aromatic carbocycles. The first kappa shape index (κ1) is 63.5. The van der Waals surface area contributed by atoms with Crippen LogP contribution >= 0.6 is 11.3 Å². The lowest BCUT2D eigenvalue weighted by Gasteiger charge is -2.35. The molecule has 3 aliphatic rings. The highest BCUT2D eigenvalue weighted by molar-refractivity contribution is 7.13. The smallest absolute Gasteiger partial charge is 0.258 e. The van der Waals surface area contributed by atoms with E-state index in [1.165, 1.54) is 16.2 Å². The van der Waals surface area contributed by atoms with E-state index in [4.69, 9.17) is 9.72 Å². The van der Waals surface area contributed by atoms with E-state index in [0.29, 0.717) is 55.6 Å². The van der Waals surface area contributed by atoms with Crippen LogP contribution in [0.1, 0.15) is 126 Å². The van der Waals surface area contributed by atoms with Gasteiger partial charge in [0.1, 0.15) is 29.0 Å². The fourth-order valence-corrected chi connectivity index (χ4v) is 12.6. The summed E-state index contributed by atoms with van der Waals surface area (Å²) in [5.74, 6) is 4.49. The Labute approximate surface area is 522 Å². The first-order chi connectivity index (χ1) is 42.8. The summed E-state index contributed by atoms with van der Waals surface area (Å²) in [5.41, 5.74) is 8.12. The molecule has 5 amide bonds. The van der Waals surface area contributed by atoms with Gasteiger partial charge in [-0.25, -0.2) is 14.4 Å². The van der Waals surface area contributed by atoms with Crippen molar-refractivity contribution in [3.8, 4) is 50.4 Å². The normalized spacial score (nSPS) is 18.1. The summed E-state index contributed by atoms with van der Waals surface area (Å²) in [4.78, 5) is 78.1. The van der Waals surface area contributed by atoms with Gasteiger partial charge in [-0.3, -0.25) is 29.4 Å². The van der Waals surface area contributed by atoms with E-state index in [9.17, 15) is 44.0 Å². The second-order valence-electron chi connectivity index (χ2n) is 24.7. The van der Waals surface area contributed by atoms with Gasteiger partial charge in [0.25, 0.3) is 11.8 Å². The van der Waals surface area contributed by atoms with Crippen molar-refractivity contribution in [2.45, 2.75) is 154 Å². The van der Waals surface area contributed by atoms with Crippen LogP contribution in [0.4, 0.5) is 4.39 Å².